The molecule has 0 bridgehead atoms. The van der Waals surface area contributed by atoms with Crippen molar-refractivity contribution >= 4 is 5.91 Å². The highest BCUT2D eigenvalue weighted by molar-refractivity contribution is 5.94. The third kappa shape index (κ3) is 2.64. The Labute approximate surface area is 107 Å². The zero-order valence-electron chi connectivity index (χ0n) is 10.7. The predicted molar refractivity (Wildman–Crippen MR) is 68.9 cm³/mol. The van der Waals surface area contributed by atoms with Crippen molar-refractivity contribution in [1.82, 2.24) is 4.90 Å². The summed E-state index contributed by atoms with van der Waals surface area (Å²) in [6.07, 6.45) is 1.49. The van der Waals surface area contributed by atoms with Gasteiger partial charge in [0.15, 0.2) is 0 Å². The highest BCUT2D eigenvalue weighted by Gasteiger charge is 2.18. The van der Waals surface area contributed by atoms with Crippen molar-refractivity contribution in [1.29, 1.82) is 0 Å². The van der Waals surface area contributed by atoms with Gasteiger partial charge in [-0.05, 0) is 37.1 Å². The van der Waals surface area contributed by atoms with E-state index >= 15 is 0 Å². The number of benzene rings is 1. The molecule has 0 fully saturated rings. The van der Waals surface area contributed by atoms with Gasteiger partial charge in [-0.15, -0.1) is 0 Å². The summed E-state index contributed by atoms with van der Waals surface area (Å²) < 4.78 is 5.43. The smallest absolute Gasteiger partial charge is 0.253 e. The van der Waals surface area contributed by atoms with Crippen LogP contribution in [0.5, 0.6) is 5.75 Å². The summed E-state index contributed by atoms with van der Waals surface area (Å²) in [5.41, 5.74) is 1.82. The Kier molecular flexibility index (Phi) is 4.20. The molecule has 1 N–H and O–H groups in total. The van der Waals surface area contributed by atoms with Gasteiger partial charge < -0.3 is 14.7 Å². The largest absolute Gasteiger partial charge is 0.493 e. The molecule has 1 aromatic rings. The summed E-state index contributed by atoms with van der Waals surface area (Å²) in [4.78, 5) is 14.0. The monoisotopic (exact) mass is 249 g/mol. The number of aliphatic hydroxyl groups excluding tert-OH is 1. The second-order valence-corrected chi connectivity index (χ2v) is 4.38. The first-order chi connectivity index (χ1) is 8.76. The molecule has 0 aromatic heterocycles. The van der Waals surface area contributed by atoms with Crippen LogP contribution in [0.15, 0.2) is 18.2 Å². The molecule has 2 rings (SSSR count). The summed E-state index contributed by atoms with van der Waals surface area (Å²) >= 11 is 0. The molecule has 1 aromatic carbocycles. The number of hydrogen-bond donors (Lipinski definition) is 1. The summed E-state index contributed by atoms with van der Waals surface area (Å²) in [7, 11) is 0. The van der Waals surface area contributed by atoms with E-state index in [2.05, 4.69) is 0 Å². The van der Waals surface area contributed by atoms with Gasteiger partial charge in [0.1, 0.15) is 5.75 Å². The van der Waals surface area contributed by atoms with E-state index in [0.29, 0.717) is 31.7 Å². The van der Waals surface area contributed by atoms with E-state index in [1.165, 1.54) is 0 Å². The molecule has 1 aliphatic heterocycles. The molecule has 0 saturated carbocycles. The zero-order valence-corrected chi connectivity index (χ0v) is 10.7. The fourth-order valence-corrected chi connectivity index (χ4v) is 2.17. The average molecular weight is 249 g/mol. The van der Waals surface area contributed by atoms with Crippen molar-refractivity contribution in [2.75, 3.05) is 26.3 Å². The molecule has 1 heterocycles. The van der Waals surface area contributed by atoms with Crippen LogP contribution in [0.1, 0.15) is 29.3 Å². The van der Waals surface area contributed by atoms with E-state index < -0.39 is 0 Å². The van der Waals surface area contributed by atoms with Gasteiger partial charge in [0.05, 0.1) is 6.61 Å². The number of nitrogens with zero attached hydrogens (tertiary/aromatic N) is 1. The Bertz CT molecular complexity index is 431. The number of ether oxygens (including phenoxy) is 1. The van der Waals surface area contributed by atoms with Crippen molar-refractivity contribution in [2.24, 2.45) is 0 Å². The van der Waals surface area contributed by atoms with E-state index in [-0.39, 0.29) is 12.5 Å². The lowest BCUT2D eigenvalue weighted by Crippen LogP contribution is -2.32. The first kappa shape index (κ1) is 12.9. The summed E-state index contributed by atoms with van der Waals surface area (Å²) in [6.45, 7) is 4.02. The van der Waals surface area contributed by atoms with Crippen LogP contribution in [0, 0.1) is 0 Å². The Hall–Kier alpha value is -1.55. The number of carbonyl (C=O) groups is 1. The Balaban J connectivity index is 2.12. The molecule has 18 heavy (non-hydrogen) atoms. The van der Waals surface area contributed by atoms with E-state index in [0.717, 1.165) is 17.7 Å². The summed E-state index contributed by atoms with van der Waals surface area (Å²) in [5, 5.41) is 8.84. The van der Waals surface area contributed by atoms with E-state index in [4.69, 9.17) is 9.84 Å². The molecule has 1 aliphatic rings. The molecule has 0 unspecified atom stereocenters. The Morgan fingerprint density at radius 2 is 2.33 bits per heavy atom. The fourth-order valence-electron chi connectivity index (χ4n) is 2.17. The van der Waals surface area contributed by atoms with Crippen LogP contribution in [0.4, 0.5) is 0 Å². The van der Waals surface area contributed by atoms with Crippen molar-refractivity contribution in [3.05, 3.63) is 29.3 Å². The fraction of sp³-hybridized carbons (Fsp3) is 0.500. The average Bonchev–Trinajstić information content (AvgIpc) is 2.86. The van der Waals surface area contributed by atoms with Gasteiger partial charge in [0.25, 0.3) is 5.91 Å². The maximum atomic E-state index is 12.3. The number of fused-ring (bicyclic) bond motifs is 1. The SMILES string of the molecule is CCN(CCCO)C(=O)c1ccc2c(c1)CCO2. The third-order valence-corrected chi connectivity index (χ3v) is 3.19. The maximum absolute atomic E-state index is 12.3. The van der Waals surface area contributed by atoms with Crippen LogP contribution in [-0.4, -0.2) is 42.2 Å². The lowest BCUT2D eigenvalue weighted by atomic mass is 10.1. The van der Waals surface area contributed by atoms with Crippen molar-refractivity contribution < 1.29 is 14.6 Å². The van der Waals surface area contributed by atoms with Gasteiger partial charge in [-0.25, -0.2) is 0 Å². The van der Waals surface area contributed by atoms with Gasteiger partial charge in [0, 0.05) is 31.7 Å². The highest BCUT2D eigenvalue weighted by atomic mass is 16.5. The van der Waals surface area contributed by atoms with E-state index in [9.17, 15) is 4.79 Å². The van der Waals surface area contributed by atoms with Gasteiger partial charge in [-0.1, -0.05) is 0 Å². The minimum Gasteiger partial charge on any atom is -0.493 e. The predicted octanol–water partition coefficient (Wildman–Crippen LogP) is 1.47. The molecular weight excluding hydrogens is 230 g/mol. The number of amides is 1. The quantitative estimate of drug-likeness (QED) is 0.859. The summed E-state index contributed by atoms with van der Waals surface area (Å²) in [5.74, 6) is 0.922. The molecule has 0 aliphatic carbocycles. The Morgan fingerprint density at radius 1 is 1.50 bits per heavy atom. The molecular formula is C14H19NO3. The molecule has 98 valence electrons. The number of aliphatic hydroxyl groups is 1. The molecule has 0 radical (unpaired) electrons. The van der Waals surface area contributed by atoms with Crippen molar-refractivity contribution in [3.8, 4) is 5.75 Å². The maximum Gasteiger partial charge on any atom is 0.253 e. The second-order valence-electron chi connectivity index (χ2n) is 4.38. The van der Waals surface area contributed by atoms with Gasteiger partial charge in [0.2, 0.25) is 0 Å². The Morgan fingerprint density at radius 3 is 3.06 bits per heavy atom. The minimum absolute atomic E-state index is 0.0284. The van der Waals surface area contributed by atoms with Crippen molar-refractivity contribution in [3.63, 3.8) is 0 Å². The van der Waals surface area contributed by atoms with Crippen molar-refractivity contribution in [2.45, 2.75) is 19.8 Å². The normalized spacial score (nSPS) is 13.0. The third-order valence-electron chi connectivity index (χ3n) is 3.19. The number of rotatable bonds is 5. The van der Waals surface area contributed by atoms with Crippen LogP contribution in [0.2, 0.25) is 0 Å². The molecule has 1 amide bonds. The first-order valence-electron chi connectivity index (χ1n) is 6.42. The minimum atomic E-state index is 0.0284. The standard InChI is InChI=1S/C14H19NO3/c1-2-15(7-3-8-16)14(17)12-4-5-13-11(10-12)6-9-18-13/h4-5,10,16H,2-3,6-9H2,1H3. The summed E-state index contributed by atoms with van der Waals surface area (Å²) in [6, 6.07) is 5.61. The molecule has 0 atom stereocenters. The van der Waals surface area contributed by atoms with Crippen LogP contribution in [-0.2, 0) is 6.42 Å². The van der Waals surface area contributed by atoms with Gasteiger partial charge in [-0.3, -0.25) is 4.79 Å². The highest BCUT2D eigenvalue weighted by Crippen LogP contribution is 2.26. The van der Waals surface area contributed by atoms with Crippen LogP contribution in [0.25, 0.3) is 0 Å². The lowest BCUT2D eigenvalue weighted by molar-refractivity contribution is 0.0754. The van der Waals surface area contributed by atoms with Crippen LogP contribution in [0.3, 0.4) is 0 Å². The van der Waals surface area contributed by atoms with E-state index in [1.807, 2.05) is 25.1 Å². The van der Waals surface area contributed by atoms with Gasteiger partial charge >= 0.3 is 0 Å². The number of hydrogen-bond acceptors (Lipinski definition) is 3. The number of carbonyl (C=O) groups excluding carboxylic acids is 1. The first-order valence-corrected chi connectivity index (χ1v) is 6.42. The second kappa shape index (κ2) is 5.87. The zero-order chi connectivity index (χ0) is 13.0. The van der Waals surface area contributed by atoms with Crippen LogP contribution >= 0.6 is 0 Å². The molecule has 0 spiro atoms. The van der Waals surface area contributed by atoms with Gasteiger partial charge in [-0.2, -0.15) is 0 Å². The molecule has 4 nitrogen and oxygen atoms in total. The molecule has 0 saturated heterocycles. The lowest BCUT2D eigenvalue weighted by Gasteiger charge is -2.20. The topological polar surface area (TPSA) is 49.8 Å². The van der Waals surface area contributed by atoms with Crippen LogP contribution < -0.4 is 4.74 Å². The van der Waals surface area contributed by atoms with E-state index in [1.54, 1.807) is 4.90 Å². The molecule has 4 heteroatoms.